The van der Waals surface area contributed by atoms with Crippen LogP contribution in [0.4, 0.5) is 0 Å². The second kappa shape index (κ2) is 5.14. The molecular weight excluding hydrogens is 252 g/mol. The minimum Gasteiger partial charge on any atom is -0.317 e. The number of carbonyl (C=O) groups is 2. The zero-order valence-corrected chi connectivity index (χ0v) is 12.5. The van der Waals surface area contributed by atoms with E-state index in [1.165, 1.54) is 19.3 Å². The van der Waals surface area contributed by atoms with E-state index in [2.05, 4.69) is 12.2 Å². The third-order valence-electron chi connectivity index (χ3n) is 5.69. The summed E-state index contributed by atoms with van der Waals surface area (Å²) in [4.78, 5) is 27.0. The number of carbonyl (C=O) groups excluding carboxylic acids is 2. The molecule has 4 heteroatoms. The molecule has 3 rings (SSSR count). The molecule has 3 aliphatic rings. The van der Waals surface area contributed by atoms with Crippen LogP contribution in [0.25, 0.3) is 0 Å². The molecule has 2 saturated heterocycles. The molecule has 4 nitrogen and oxygen atoms in total. The van der Waals surface area contributed by atoms with Crippen molar-refractivity contribution >= 4 is 11.8 Å². The molecule has 0 atom stereocenters. The van der Waals surface area contributed by atoms with Gasteiger partial charge in [0.25, 0.3) is 0 Å². The highest BCUT2D eigenvalue weighted by molar-refractivity contribution is 5.99. The number of piperidine rings is 2. The molecule has 2 heterocycles. The molecule has 1 aliphatic carbocycles. The average Bonchev–Trinajstić information content (AvgIpc) is 2.38. The van der Waals surface area contributed by atoms with E-state index < -0.39 is 0 Å². The minimum absolute atomic E-state index is 0.00614. The maximum atomic E-state index is 12.7. The zero-order chi connectivity index (χ0) is 14.2. The molecule has 0 aromatic rings. The van der Waals surface area contributed by atoms with Gasteiger partial charge in [0.05, 0.1) is 5.54 Å². The summed E-state index contributed by atoms with van der Waals surface area (Å²) in [5.41, 5.74) is -0.248. The summed E-state index contributed by atoms with van der Waals surface area (Å²) in [6.07, 6.45) is 8.73. The van der Waals surface area contributed by atoms with Crippen molar-refractivity contribution < 1.29 is 9.59 Å². The molecule has 2 aliphatic heterocycles. The van der Waals surface area contributed by atoms with Crippen LogP contribution in [0.1, 0.15) is 64.7 Å². The Kier molecular flexibility index (Phi) is 3.61. The van der Waals surface area contributed by atoms with E-state index in [1.54, 1.807) is 4.90 Å². The number of hydrogen-bond acceptors (Lipinski definition) is 3. The van der Waals surface area contributed by atoms with Crippen molar-refractivity contribution in [2.24, 2.45) is 5.41 Å². The third kappa shape index (κ3) is 2.39. The monoisotopic (exact) mass is 278 g/mol. The maximum absolute atomic E-state index is 12.7. The highest BCUT2D eigenvalue weighted by Gasteiger charge is 2.49. The van der Waals surface area contributed by atoms with E-state index in [0.717, 1.165) is 38.8 Å². The van der Waals surface area contributed by atoms with Crippen LogP contribution in [0.5, 0.6) is 0 Å². The largest absolute Gasteiger partial charge is 0.317 e. The van der Waals surface area contributed by atoms with Crippen molar-refractivity contribution in [2.45, 2.75) is 70.3 Å². The van der Waals surface area contributed by atoms with Crippen LogP contribution in [0.15, 0.2) is 0 Å². The second-order valence-corrected chi connectivity index (χ2v) is 7.28. The van der Waals surface area contributed by atoms with E-state index in [0.29, 0.717) is 12.8 Å². The Bertz CT molecular complexity index is 387. The third-order valence-corrected chi connectivity index (χ3v) is 5.69. The average molecular weight is 278 g/mol. The quantitative estimate of drug-likeness (QED) is 0.748. The fourth-order valence-electron chi connectivity index (χ4n) is 4.45. The summed E-state index contributed by atoms with van der Waals surface area (Å²) in [5, 5.41) is 3.32. The van der Waals surface area contributed by atoms with Crippen LogP contribution in [0.2, 0.25) is 0 Å². The fourth-order valence-corrected chi connectivity index (χ4v) is 4.45. The fraction of sp³-hybridized carbons (Fsp3) is 0.875. The molecule has 0 radical (unpaired) electrons. The molecule has 1 saturated carbocycles. The molecule has 0 bridgehead atoms. The first-order valence-electron chi connectivity index (χ1n) is 8.11. The van der Waals surface area contributed by atoms with Crippen molar-refractivity contribution in [2.75, 3.05) is 13.1 Å². The molecule has 0 aromatic carbocycles. The summed E-state index contributed by atoms with van der Waals surface area (Å²) in [7, 11) is 0. The molecule has 1 spiro atoms. The zero-order valence-electron chi connectivity index (χ0n) is 12.5. The number of imide groups is 1. The molecule has 20 heavy (non-hydrogen) atoms. The smallest absolute Gasteiger partial charge is 0.230 e. The molecule has 3 fully saturated rings. The number of hydrogen-bond donors (Lipinski definition) is 1. The summed E-state index contributed by atoms with van der Waals surface area (Å²) < 4.78 is 0. The van der Waals surface area contributed by atoms with Gasteiger partial charge in [-0.15, -0.1) is 0 Å². The molecular formula is C16H26N2O2. The summed E-state index contributed by atoms with van der Waals surface area (Å²) in [6, 6.07) is 0. The Hall–Kier alpha value is -0.900. The standard InChI is InChI=1S/C16H26N2O2/c1-15(7-9-17-10-8-15)18-13(19)11-16(12-14(18)20)5-3-2-4-6-16/h17H,2-12H2,1H3. The number of nitrogens with one attached hydrogen (secondary N) is 1. The van der Waals surface area contributed by atoms with Crippen molar-refractivity contribution in [1.29, 1.82) is 0 Å². The van der Waals surface area contributed by atoms with Crippen LogP contribution < -0.4 is 5.32 Å². The molecule has 1 N–H and O–H groups in total. The Balaban J connectivity index is 1.78. The van der Waals surface area contributed by atoms with Gasteiger partial charge in [-0.2, -0.15) is 0 Å². The topological polar surface area (TPSA) is 49.4 Å². The van der Waals surface area contributed by atoms with Gasteiger partial charge in [0, 0.05) is 12.8 Å². The van der Waals surface area contributed by atoms with Gasteiger partial charge in [-0.05, 0) is 51.1 Å². The van der Waals surface area contributed by atoms with Gasteiger partial charge < -0.3 is 5.32 Å². The Labute approximate surface area is 121 Å². The van der Waals surface area contributed by atoms with Crippen molar-refractivity contribution in [3.8, 4) is 0 Å². The van der Waals surface area contributed by atoms with Gasteiger partial charge in [-0.1, -0.05) is 19.3 Å². The summed E-state index contributed by atoms with van der Waals surface area (Å²) in [5.74, 6) is 0.181. The molecule has 112 valence electrons. The van der Waals surface area contributed by atoms with Gasteiger partial charge in [-0.3, -0.25) is 14.5 Å². The summed E-state index contributed by atoms with van der Waals surface area (Å²) >= 11 is 0. The van der Waals surface area contributed by atoms with Gasteiger partial charge in [0.2, 0.25) is 11.8 Å². The lowest BCUT2D eigenvalue weighted by atomic mass is 9.67. The van der Waals surface area contributed by atoms with Crippen molar-refractivity contribution in [3.63, 3.8) is 0 Å². The number of likely N-dealkylation sites (tertiary alicyclic amines) is 1. The van der Waals surface area contributed by atoms with E-state index in [9.17, 15) is 9.59 Å². The first kappa shape index (κ1) is 14.1. The number of nitrogens with zero attached hydrogens (tertiary/aromatic N) is 1. The van der Waals surface area contributed by atoms with Crippen LogP contribution in [-0.4, -0.2) is 35.3 Å². The van der Waals surface area contributed by atoms with E-state index in [1.807, 2.05) is 0 Å². The first-order chi connectivity index (χ1) is 9.55. The van der Waals surface area contributed by atoms with Gasteiger partial charge >= 0.3 is 0 Å². The van der Waals surface area contributed by atoms with Crippen LogP contribution in [-0.2, 0) is 9.59 Å². The predicted octanol–water partition coefficient (Wildman–Crippen LogP) is 2.23. The summed E-state index contributed by atoms with van der Waals surface area (Å²) in [6.45, 7) is 3.89. The Morgan fingerprint density at radius 2 is 1.45 bits per heavy atom. The van der Waals surface area contributed by atoms with Crippen LogP contribution in [0, 0.1) is 5.41 Å². The number of amides is 2. The van der Waals surface area contributed by atoms with E-state index in [-0.39, 0.29) is 22.8 Å². The Morgan fingerprint density at radius 3 is 2.00 bits per heavy atom. The van der Waals surface area contributed by atoms with E-state index in [4.69, 9.17) is 0 Å². The highest BCUT2D eigenvalue weighted by atomic mass is 16.2. The SMILES string of the molecule is CC1(N2C(=O)CC3(CCCCC3)CC2=O)CCNCC1. The first-order valence-corrected chi connectivity index (χ1v) is 8.11. The molecule has 0 unspecified atom stereocenters. The maximum Gasteiger partial charge on any atom is 0.230 e. The van der Waals surface area contributed by atoms with Crippen molar-refractivity contribution in [1.82, 2.24) is 10.2 Å². The lowest BCUT2D eigenvalue weighted by Gasteiger charge is -2.49. The minimum atomic E-state index is -0.254. The lowest BCUT2D eigenvalue weighted by molar-refractivity contribution is -0.163. The van der Waals surface area contributed by atoms with Gasteiger partial charge in [0.1, 0.15) is 0 Å². The highest BCUT2D eigenvalue weighted by Crippen LogP contribution is 2.47. The lowest BCUT2D eigenvalue weighted by Crippen LogP contribution is -2.61. The number of rotatable bonds is 1. The van der Waals surface area contributed by atoms with Crippen LogP contribution >= 0.6 is 0 Å². The molecule has 0 aromatic heterocycles. The molecule has 2 amide bonds. The van der Waals surface area contributed by atoms with Gasteiger partial charge in [0.15, 0.2) is 0 Å². The normalized spacial score (nSPS) is 29.8. The predicted molar refractivity (Wildman–Crippen MR) is 77.1 cm³/mol. The Morgan fingerprint density at radius 1 is 0.900 bits per heavy atom. The van der Waals surface area contributed by atoms with Gasteiger partial charge in [-0.25, -0.2) is 0 Å². The van der Waals surface area contributed by atoms with E-state index >= 15 is 0 Å². The van der Waals surface area contributed by atoms with Crippen LogP contribution in [0.3, 0.4) is 0 Å². The van der Waals surface area contributed by atoms with Crippen molar-refractivity contribution in [3.05, 3.63) is 0 Å². The second-order valence-electron chi connectivity index (χ2n) is 7.28.